The summed E-state index contributed by atoms with van der Waals surface area (Å²) in [6.45, 7) is 0. The Hall–Kier alpha value is -0.580. The van der Waals surface area contributed by atoms with Crippen LogP contribution in [0.1, 0.15) is 11.8 Å². The molecule has 1 unspecified atom stereocenters. The molecule has 0 amide bonds. The third kappa shape index (κ3) is 2.43. The molecule has 1 aromatic rings. The lowest BCUT2D eigenvalue weighted by molar-refractivity contribution is 0.145. The summed E-state index contributed by atoms with van der Waals surface area (Å²) in [5, 5.41) is 12.3. The third-order valence-electron chi connectivity index (χ3n) is 1.76. The molecule has 0 aliphatic rings. The van der Waals surface area contributed by atoms with E-state index in [9.17, 15) is 5.11 Å². The molecular formula is C9H12BrNO2. The molecule has 0 aliphatic carbocycles. The lowest BCUT2D eigenvalue weighted by Gasteiger charge is -2.13. The minimum absolute atomic E-state index is 0.671. The maximum absolute atomic E-state index is 9.55. The highest BCUT2D eigenvalue weighted by Gasteiger charge is 2.10. The summed E-state index contributed by atoms with van der Waals surface area (Å²) in [6, 6.07) is 5.49. The van der Waals surface area contributed by atoms with Crippen molar-refractivity contribution in [3.05, 3.63) is 28.2 Å². The summed E-state index contributed by atoms with van der Waals surface area (Å²) in [4.78, 5) is 0. The van der Waals surface area contributed by atoms with Gasteiger partial charge in [-0.2, -0.15) is 0 Å². The maximum atomic E-state index is 9.55. The molecule has 0 bridgehead atoms. The van der Waals surface area contributed by atoms with Gasteiger partial charge in [0, 0.05) is 10.0 Å². The van der Waals surface area contributed by atoms with Gasteiger partial charge in [0.2, 0.25) is 0 Å². The third-order valence-corrected chi connectivity index (χ3v) is 2.25. The van der Waals surface area contributed by atoms with Crippen LogP contribution in [-0.4, -0.2) is 19.3 Å². The van der Waals surface area contributed by atoms with Crippen molar-refractivity contribution in [3.63, 3.8) is 0 Å². The smallest absolute Gasteiger partial charge is 0.134 e. The molecule has 0 aromatic heterocycles. The number of nitrogens with one attached hydrogen (secondary N) is 1. The van der Waals surface area contributed by atoms with Crippen molar-refractivity contribution in [2.75, 3.05) is 14.2 Å². The normalized spacial score (nSPS) is 12.6. The molecule has 3 nitrogen and oxygen atoms in total. The Kier molecular flexibility index (Phi) is 3.71. The highest BCUT2D eigenvalue weighted by molar-refractivity contribution is 9.10. The van der Waals surface area contributed by atoms with Gasteiger partial charge in [0.25, 0.3) is 0 Å². The van der Waals surface area contributed by atoms with Crippen molar-refractivity contribution in [1.82, 2.24) is 5.32 Å². The minimum atomic E-state index is -0.701. The number of hydrogen-bond donors (Lipinski definition) is 2. The molecule has 4 heteroatoms. The van der Waals surface area contributed by atoms with E-state index in [1.165, 1.54) is 0 Å². The van der Waals surface area contributed by atoms with Crippen LogP contribution in [-0.2, 0) is 0 Å². The van der Waals surface area contributed by atoms with E-state index in [1.807, 2.05) is 12.1 Å². The standard InChI is InChI=1S/C9H12BrNO2/c1-11-9(12)7-5-6(10)3-4-8(7)13-2/h3-5,9,11-12H,1-2H3. The maximum Gasteiger partial charge on any atom is 0.134 e. The molecule has 0 heterocycles. The number of ether oxygens (including phenoxy) is 1. The molecule has 1 rings (SSSR count). The van der Waals surface area contributed by atoms with Crippen LogP contribution < -0.4 is 10.1 Å². The predicted octanol–water partition coefficient (Wildman–Crippen LogP) is 1.67. The number of aliphatic hydroxyl groups excluding tert-OH is 1. The van der Waals surface area contributed by atoms with Crippen LogP contribution in [0.2, 0.25) is 0 Å². The van der Waals surface area contributed by atoms with E-state index in [-0.39, 0.29) is 0 Å². The van der Waals surface area contributed by atoms with Crippen LogP contribution in [0, 0.1) is 0 Å². The second-order valence-electron chi connectivity index (χ2n) is 2.58. The Morgan fingerprint density at radius 3 is 2.77 bits per heavy atom. The predicted molar refractivity (Wildman–Crippen MR) is 54.7 cm³/mol. The molecule has 1 aromatic carbocycles. The molecule has 0 radical (unpaired) electrons. The first-order chi connectivity index (χ1) is 6.19. The van der Waals surface area contributed by atoms with Crippen LogP contribution in [0.15, 0.2) is 22.7 Å². The molecule has 2 N–H and O–H groups in total. The van der Waals surface area contributed by atoms with E-state index in [2.05, 4.69) is 21.2 Å². The Bertz CT molecular complexity index is 291. The zero-order chi connectivity index (χ0) is 9.84. The summed E-state index contributed by atoms with van der Waals surface area (Å²) in [5.74, 6) is 0.671. The largest absolute Gasteiger partial charge is 0.496 e. The van der Waals surface area contributed by atoms with Gasteiger partial charge in [0.15, 0.2) is 0 Å². The summed E-state index contributed by atoms with van der Waals surface area (Å²) in [6.07, 6.45) is -0.701. The molecule has 0 aliphatic heterocycles. The van der Waals surface area contributed by atoms with Crippen molar-refractivity contribution < 1.29 is 9.84 Å². The van der Waals surface area contributed by atoms with E-state index in [1.54, 1.807) is 20.2 Å². The van der Waals surface area contributed by atoms with Crippen LogP contribution in [0.3, 0.4) is 0 Å². The van der Waals surface area contributed by atoms with Gasteiger partial charge >= 0.3 is 0 Å². The SMILES string of the molecule is CNC(O)c1cc(Br)ccc1OC. The van der Waals surface area contributed by atoms with Crippen molar-refractivity contribution >= 4 is 15.9 Å². The molecule has 0 fully saturated rings. The average molecular weight is 246 g/mol. The van der Waals surface area contributed by atoms with Gasteiger partial charge in [-0.25, -0.2) is 0 Å². The molecule has 0 spiro atoms. The highest BCUT2D eigenvalue weighted by Crippen LogP contribution is 2.26. The van der Waals surface area contributed by atoms with Crippen LogP contribution in [0.5, 0.6) is 5.75 Å². The lowest BCUT2D eigenvalue weighted by atomic mass is 10.2. The van der Waals surface area contributed by atoms with E-state index in [0.29, 0.717) is 5.75 Å². The van der Waals surface area contributed by atoms with E-state index >= 15 is 0 Å². The topological polar surface area (TPSA) is 41.5 Å². The molecule has 13 heavy (non-hydrogen) atoms. The highest BCUT2D eigenvalue weighted by atomic mass is 79.9. The Balaban J connectivity index is 3.07. The number of halogens is 1. The van der Waals surface area contributed by atoms with Crippen LogP contribution in [0.4, 0.5) is 0 Å². The van der Waals surface area contributed by atoms with E-state index < -0.39 is 6.23 Å². The second-order valence-corrected chi connectivity index (χ2v) is 3.49. The number of hydrogen-bond acceptors (Lipinski definition) is 3. The summed E-state index contributed by atoms with van der Waals surface area (Å²) in [5.41, 5.74) is 0.722. The second kappa shape index (κ2) is 4.60. The van der Waals surface area contributed by atoms with E-state index in [0.717, 1.165) is 10.0 Å². The fraction of sp³-hybridized carbons (Fsp3) is 0.333. The van der Waals surface area contributed by atoms with Crippen molar-refractivity contribution in [3.8, 4) is 5.75 Å². The van der Waals surface area contributed by atoms with Crippen molar-refractivity contribution in [2.45, 2.75) is 6.23 Å². The van der Waals surface area contributed by atoms with Gasteiger partial charge in [-0.3, -0.25) is 5.32 Å². The molecule has 1 atom stereocenters. The Labute approximate surface area is 85.9 Å². The van der Waals surface area contributed by atoms with Gasteiger partial charge in [-0.15, -0.1) is 0 Å². The molecular weight excluding hydrogens is 234 g/mol. The van der Waals surface area contributed by atoms with Crippen LogP contribution >= 0.6 is 15.9 Å². The van der Waals surface area contributed by atoms with Gasteiger partial charge in [-0.1, -0.05) is 15.9 Å². The van der Waals surface area contributed by atoms with Gasteiger partial charge in [-0.05, 0) is 25.2 Å². The van der Waals surface area contributed by atoms with Gasteiger partial charge in [0.1, 0.15) is 12.0 Å². The summed E-state index contributed by atoms with van der Waals surface area (Å²) in [7, 11) is 3.26. The van der Waals surface area contributed by atoms with Gasteiger partial charge < -0.3 is 9.84 Å². The Morgan fingerprint density at radius 1 is 1.54 bits per heavy atom. The quantitative estimate of drug-likeness (QED) is 0.797. The zero-order valence-electron chi connectivity index (χ0n) is 7.54. The first kappa shape index (κ1) is 10.5. The molecule has 0 saturated carbocycles. The fourth-order valence-corrected chi connectivity index (χ4v) is 1.45. The zero-order valence-corrected chi connectivity index (χ0v) is 9.13. The number of aliphatic hydroxyl groups is 1. The minimum Gasteiger partial charge on any atom is -0.496 e. The first-order valence-corrected chi connectivity index (χ1v) is 4.67. The monoisotopic (exact) mass is 245 g/mol. The summed E-state index contributed by atoms with van der Waals surface area (Å²) >= 11 is 3.33. The molecule has 72 valence electrons. The van der Waals surface area contributed by atoms with Gasteiger partial charge in [0.05, 0.1) is 7.11 Å². The summed E-state index contributed by atoms with van der Waals surface area (Å²) < 4.78 is 6.02. The van der Waals surface area contributed by atoms with E-state index in [4.69, 9.17) is 4.74 Å². The lowest BCUT2D eigenvalue weighted by Crippen LogP contribution is -2.16. The van der Waals surface area contributed by atoms with Crippen molar-refractivity contribution in [2.24, 2.45) is 0 Å². The Morgan fingerprint density at radius 2 is 2.23 bits per heavy atom. The first-order valence-electron chi connectivity index (χ1n) is 3.87. The van der Waals surface area contributed by atoms with Crippen LogP contribution in [0.25, 0.3) is 0 Å². The molecule has 0 saturated heterocycles. The number of rotatable bonds is 3. The van der Waals surface area contributed by atoms with Crippen molar-refractivity contribution in [1.29, 1.82) is 0 Å². The average Bonchev–Trinajstić information content (AvgIpc) is 2.16. The number of methoxy groups -OCH3 is 1. The fourth-order valence-electron chi connectivity index (χ4n) is 1.07. The number of benzene rings is 1.